The average molecular weight is 674 g/mol. The quantitative estimate of drug-likeness (QED) is 0.298. The third kappa shape index (κ3) is 6.05. The van der Waals surface area contributed by atoms with Gasteiger partial charge in [-0.1, -0.05) is 6.08 Å². The molecule has 3 aromatic rings. The number of fused-ring (bicyclic) bond motifs is 1. The van der Waals surface area contributed by atoms with Gasteiger partial charge in [0.2, 0.25) is 16.0 Å². The van der Waals surface area contributed by atoms with E-state index in [0.717, 1.165) is 26.2 Å². The van der Waals surface area contributed by atoms with E-state index in [9.17, 15) is 18.0 Å². The molecule has 254 valence electrons. The molecule has 1 saturated carbocycles. The van der Waals surface area contributed by atoms with E-state index in [4.69, 9.17) is 4.74 Å². The topological polar surface area (TPSA) is 139 Å². The number of ether oxygens (including phenoxy) is 1. The van der Waals surface area contributed by atoms with Crippen LogP contribution in [0.5, 0.6) is 0 Å². The minimum Gasteiger partial charge on any atom is -0.500 e. The van der Waals surface area contributed by atoms with E-state index in [1.165, 1.54) is 11.1 Å². The molecule has 2 fully saturated rings. The number of carbonyl (C=O) groups is 2. The van der Waals surface area contributed by atoms with Gasteiger partial charge < -0.3 is 15.0 Å². The van der Waals surface area contributed by atoms with Crippen molar-refractivity contribution in [3.05, 3.63) is 66.3 Å². The van der Waals surface area contributed by atoms with Crippen LogP contribution in [0, 0.1) is 12.8 Å². The molecule has 1 atom stereocenters. The molecular weight excluding hydrogens is 630 g/mol. The van der Waals surface area contributed by atoms with Gasteiger partial charge in [-0.3, -0.25) is 14.5 Å². The standard InChI is InChI=1S/C35H43N7O5S/c1-7-8-35(9-10-35)48(45,46)42-21-23(4)31-27(32(43)36-20-28-30(47-6)15-24(5)39-33(28)44)16-25(17-29(31)42)26-18-37-34(38-19-26)41-13-11-40(12-14-41)22(2)3/h7,15-19,21-22,28H,1,8-14,20H2,2-6H3,(H,36,43). The zero-order valence-corrected chi connectivity index (χ0v) is 29.0. The lowest BCUT2D eigenvalue weighted by atomic mass is 9.98. The van der Waals surface area contributed by atoms with Crippen LogP contribution in [-0.4, -0.2) is 95.4 Å². The Hall–Kier alpha value is -4.36. The van der Waals surface area contributed by atoms with Crippen LogP contribution in [0.3, 0.4) is 0 Å². The summed E-state index contributed by atoms with van der Waals surface area (Å²) in [5, 5.41) is 3.40. The second kappa shape index (κ2) is 12.9. The fourth-order valence-electron chi connectivity index (χ4n) is 6.71. The number of piperazine rings is 1. The van der Waals surface area contributed by atoms with Crippen molar-refractivity contribution in [1.82, 2.24) is 24.2 Å². The maximum atomic E-state index is 14.1. The first-order chi connectivity index (χ1) is 22.9. The van der Waals surface area contributed by atoms with Gasteiger partial charge in [0.1, 0.15) is 11.7 Å². The molecule has 2 amide bonds. The number of amides is 2. The van der Waals surface area contributed by atoms with Gasteiger partial charge in [-0.25, -0.2) is 27.4 Å². The smallest absolute Gasteiger partial charge is 0.258 e. The Bertz CT molecular complexity index is 1930. The normalized spacial score (nSPS) is 19.7. The van der Waals surface area contributed by atoms with Crippen molar-refractivity contribution < 1.29 is 22.7 Å². The van der Waals surface area contributed by atoms with Gasteiger partial charge in [-0.15, -0.1) is 6.58 Å². The number of aryl methyl sites for hydroxylation is 1. The number of methoxy groups -OCH3 is 1. The van der Waals surface area contributed by atoms with Gasteiger partial charge >= 0.3 is 0 Å². The molecule has 2 aromatic heterocycles. The number of anilines is 1. The van der Waals surface area contributed by atoms with Crippen molar-refractivity contribution in [2.45, 2.75) is 57.7 Å². The van der Waals surface area contributed by atoms with Gasteiger partial charge in [0, 0.05) is 79.6 Å². The van der Waals surface area contributed by atoms with E-state index in [2.05, 4.69) is 50.5 Å². The predicted octanol–water partition coefficient (Wildman–Crippen LogP) is 4.10. The minimum absolute atomic E-state index is 0.0395. The van der Waals surface area contributed by atoms with E-state index in [1.54, 1.807) is 56.7 Å². The number of dihydropyridines is 1. The Morgan fingerprint density at radius 1 is 1.12 bits per heavy atom. The van der Waals surface area contributed by atoms with Crippen LogP contribution >= 0.6 is 0 Å². The molecule has 4 heterocycles. The second-order valence-electron chi connectivity index (χ2n) is 13.2. The predicted molar refractivity (Wildman–Crippen MR) is 187 cm³/mol. The number of benzene rings is 1. The molecule has 1 N–H and O–H groups in total. The van der Waals surface area contributed by atoms with Gasteiger partial charge in [0.25, 0.3) is 11.8 Å². The second-order valence-corrected chi connectivity index (χ2v) is 15.4. The van der Waals surface area contributed by atoms with Gasteiger partial charge in [0.15, 0.2) is 0 Å². The Labute approximate surface area is 281 Å². The third-order valence-electron chi connectivity index (χ3n) is 9.72. The SMILES string of the molecule is C=CCC1(S(=O)(=O)n2cc(C)c3c(C(=O)NCC4C(=O)N=C(C)C=C4OC)cc(-c4cnc(N5CCN(C(C)C)CC5)nc4)cc32)CC1. The molecule has 1 aromatic carbocycles. The first-order valence-corrected chi connectivity index (χ1v) is 17.8. The first-order valence-electron chi connectivity index (χ1n) is 16.3. The van der Waals surface area contributed by atoms with Crippen LogP contribution < -0.4 is 10.2 Å². The lowest BCUT2D eigenvalue weighted by Gasteiger charge is -2.36. The zero-order valence-electron chi connectivity index (χ0n) is 28.2. The molecule has 1 saturated heterocycles. The summed E-state index contributed by atoms with van der Waals surface area (Å²) in [6, 6.07) is 4.00. The molecule has 3 aliphatic rings. The lowest BCUT2D eigenvalue weighted by Crippen LogP contribution is -2.49. The Morgan fingerprint density at radius 3 is 2.42 bits per heavy atom. The van der Waals surface area contributed by atoms with Crippen molar-refractivity contribution in [2.75, 3.05) is 44.7 Å². The Kier molecular flexibility index (Phi) is 9.03. The number of nitrogens with one attached hydrogen (secondary N) is 1. The third-order valence-corrected chi connectivity index (χ3v) is 12.2. The van der Waals surface area contributed by atoms with Crippen LogP contribution in [0.2, 0.25) is 0 Å². The van der Waals surface area contributed by atoms with E-state index < -0.39 is 32.5 Å². The highest BCUT2D eigenvalue weighted by molar-refractivity contribution is 7.91. The highest BCUT2D eigenvalue weighted by atomic mass is 32.2. The van der Waals surface area contributed by atoms with Crippen molar-refractivity contribution in [1.29, 1.82) is 0 Å². The number of hydrogen-bond donors (Lipinski definition) is 1. The molecule has 1 unspecified atom stereocenters. The number of rotatable bonds is 11. The molecular formula is C35H43N7O5S. The number of hydrogen-bond acceptors (Lipinski definition) is 9. The molecule has 0 bridgehead atoms. The average Bonchev–Trinajstić information content (AvgIpc) is 3.79. The maximum Gasteiger partial charge on any atom is 0.258 e. The summed E-state index contributed by atoms with van der Waals surface area (Å²) in [5.41, 5.74) is 3.08. The van der Waals surface area contributed by atoms with Crippen LogP contribution in [0.15, 0.2) is 60.2 Å². The van der Waals surface area contributed by atoms with E-state index in [-0.39, 0.29) is 12.1 Å². The van der Waals surface area contributed by atoms with Gasteiger partial charge in [-0.05, 0) is 76.3 Å². The highest BCUT2D eigenvalue weighted by Gasteiger charge is 2.54. The van der Waals surface area contributed by atoms with E-state index in [0.29, 0.717) is 70.3 Å². The molecule has 0 radical (unpaired) electrons. The van der Waals surface area contributed by atoms with E-state index in [1.807, 2.05) is 0 Å². The summed E-state index contributed by atoms with van der Waals surface area (Å²) in [6.45, 7) is 15.1. The molecule has 2 aliphatic heterocycles. The van der Waals surface area contributed by atoms with Gasteiger partial charge in [-0.2, -0.15) is 0 Å². The van der Waals surface area contributed by atoms with Crippen LogP contribution in [0.1, 0.15) is 56.0 Å². The van der Waals surface area contributed by atoms with Crippen LogP contribution in [-0.2, 0) is 19.6 Å². The van der Waals surface area contributed by atoms with Crippen molar-refractivity contribution in [3.8, 4) is 11.1 Å². The lowest BCUT2D eigenvalue weighted by molar-refractivity contribution is -0.121. The van der Waals surface area contributed by atoms with Crippen molar-refractivity contribution in [3.63, 3.8) is 0 Å². The summed E-state index contributed by atoms with van der Waals surface area (Å²) in [5.74, 6) is -0.592. The first kappa shape index (κ1) is 33.5. The number of aliphatic imine (C=N–C) groups is 1. The zero-order chi connectivity index (χ0) is 34.4. The molecule has 1 aliphatic carbocycles. The van der Waals surface area contributed by atoms with Crippen molar-refractivity contribution in [2.24, 2.45) is 10.9 Å². The fourth-order valence-corrected chi connectivity index (χ4v) is 8.77. The Morgan fingerprint density at radius 2 is 1.81 bits per heavy atom. The summed E-state index contributed by atoms with van der Waals surface area (Å²) in [7, 11) is -2.36. The van der Waals surface area contributed by atoms with E-state index >= 15 is 0 Å². The fraction of sp³-hybridized carbons (Fsp3) is 0.457. The number of aromatic nitrogens is 3. The molecule has 12 nitrogen and oxygen atoms in total. The van der Waals surface area contributed by atoms with Crippen molar-refractivity contribution >= 4 is 44.4 Å². The number of carbonyl (C=O) groups excluding carboxylic acids is 2. The molecule has 6 rings (SSSR count). The highest BCUT2D eigenvalue weighted by Crippen LogP contribution is 2.49. The number of nitrogens with zero attached hydrogens (tertiary/aromatic N) is 6. The largest absolute Gasteiger partial charge is 0.500 e. The minimum atomic E-state index is -3.83. The van der Waals surface area contributed by atoms with Crippen LogP contribution in [0.25, 0.3) is 22.0 Å². The molecule has 13 heteroatoms. The maximum absolute atomic E-state index is 14.1. The van der Waals surface area contributed by atoms with Crippen LogP contribution in [0.4, 0.5) is 5.95 Å². The molecule has 0 spiro atoms. The summed E-state index contributed by atoms with van der Waals surface area (Å²) < 4.78 is 34.1. The monoisotopic (exact) mass is 673 g/mol. The Balaban J connectivity index is 1.38. The van der Waals surface area contributed by atoms with Gasteiger partial charge in [0.05, 0.1) is 17.4 Å². The summed E-state index contributed by atoms with van der Waals surface area (Å²) in [6.07, 6.45) is 9.77. The summed E-state index contributed by atoms with van der Waals surface area (Å²) >= 11 is 0. The molecule has 48 heavy (non-hydrogen) atoms. The summed E-state index contributed by atoms with van der Waals surface area (Å²) in [4.78, 5) is 44.7. The number of allylic oxidation sites excluding steroid dienone is 2.